The summed E-state index contributed by atoms with van der Waals surface area (Å²) >= 11 is 1.29. The molecule has 0 fully saturated rings. The first-order valence-corrected chi connectivity index (χ1v) is 11.1. The Morgan fingerprint density at radius 2 is 1.87 bits per heavy atom. The predicted molar refractivity (Wildman–Crippen MR) is 118 cm³/mol. The molecule has 3 rings (SSSR count). The van der Waals surface area contributed by atoms with Crippen LogP contribution >= 0.6 is 11.8 Å². The lowest BCUT2D eigenvalue weighted by atomic mass is 9.96. The molecule has 160 valence electrons. The van der Waals surface area contributed by atoms with E-state index in [-0.39, 0.29) is 17.4 Å². The molecule has 2 N–H and O–H groups in total. The van der Waals surface area contributed by atoms with Gasteiger partial charge in [0.2, 0.25) is 5.91 Å². The van der Waals surface area contributed by atoms with Crippen LogP contribution in [-0.4, -0.2) is 22.5 Å². The Bertz CT molecular complexity index is 918. The smallest absolute Gasteiger partial charge is 0.247 e. The van der Waals surface area contributed by atoms with Crippen molar-refractivity contribution in [3.63, 3.8) is 0 Å². The first-order valence-electron chi connectivity index (χ1n) is 10.3. The molecule has 1 atom stereocenters. The van der Waals surface area contributed by atoms with E-state index in [0.717, 1.165) is 23.8 Å². The highest BCUT2D eigenvalue weighted by Gasteiger charge is 2.49. The van der Waals surface area contributed by atoms with Gasteiger partial charge in [0.15, 0.2) is 0 Å². The van der Waals surface area contributed by atoms with Crippen molar-refractivity contribution >= 4 is 22.7 Å². The average molecular weight is 432 g/mol. The van der Waals surface area contributed by atoms with E-state index in [1.807, 2.05) is 44.2 Å². The Morgan fingerprint density at radius 3 is 2.50 bits per heavy atom. The Kier molecular flexibility index (Phi) is 7.26. The Labute approximate surface area is 180 Å². The molecular formula is C23H27F2N3OS. The number of thioether (sulfide) groups is 1. The second-order valence-corrected chi connectivity index (χ2v) is 8.60. The first-order chi connectivity index (χ1) is 14.5. The zero-order valence-corrected chi connectivity index (χ0v) is 18.1. The van der Waals surface area contributed by atoms with Crippen LogP contribution in [0.3, 0.4) is 0 Å². The summed E-state index contributed by atoms with van der Waals surface area (Å²) in [6.07, 6.45) is 2.56. The minimum Gasteiger partial charge on any atom is -0.330 e. The standard InChI is InChI=1S/C23H27F2N3OS/c1-3-16(4-2)22(29)28-23(13-8-14-26,17-9-6-5-7-10-17)30-21(27-28)19-15-18(24)11-12-20(19)25/h5-7,9-12,15-16H,3-4,8,13-14,26H2,1-2H3. The molecule has 0 spiro atoms. The monoisotopic (exact) mass is 431 g/mol. The van der Waals surface area contributed by atoms with Crippen molar-refractivity contribution < 1.29 is 13.6 Å². The first kappa shape index (κ1) is 22.4. The van der Waals surface area contributed by atoms with E-state index in [1.165, 1.54) is 16.8 Å². The molecule has 1 amide bonds. The van der Waals surface area contributed by atoms with Crippen molar-refractivity contribution in [2.45, 2.75) is 44.4 Å². The van der Waals surface area contributed by atoms with Crippen LogP contribution in [0, 0.1) is 17.6 Å². The summed E-state index contributed by atoms with van der Waals surface area (Å²) in [5.74, 6) is -1.43. The molecule has 1 unspecified atom stereocenters. The maximum Gasteiger partial charge on any atom is 0.247 e. The minimum atomic E-state index is -0.853. The SMILES string of the molecule is CCC(CC)C(=O)N1N=C(c2cc(F)ccc2F)SC1(CCCN)c1ccccc1. The van der Waals surface area contributed by atoms with Gasteiger partial charge in [-0.2, -0.15) is 5.10 Å². The molecule has 2 aromatic rings. The number of amides is 1. The van der Waals surface area contributed by atoms with Crippen molar-refractivity contribution in [1.29, 1.82) is 0 Å². The lowest BCUT2D eigenvalue weighted by Gasteiger charge is -2.37. The van der Waals surface area contributed by atoms with E-state index in [0.29, 0.717) is 37.3 Å². The van der Waals surface area contributed by atoms with Gasteiger partial charge in [-0.3, -0.25) is 4.79 Å². The van der Waals surface area contributed by atoms with Crippen molar-refractivity contribution in [1.82, 2.24) is 5.01 Å². The maximum atomic E-state index is 14.6. The highest BCUT2D eigenvalue weighted by atomic mass is 32.2. The Hall–Kier alpha value is -2.25. The molecule has 0 bridgehead atoms. The van der Waals surface area contributed by atoms with Gasteiger partial charge in [0, 0.05) is 11.5 Å². The van der Waals surface area contributed by atoms with Crippen LogP contribution in [0.5, 0.6) is 0 Å². The van der Waals surface area contributed by atoms with E-state index in [9.17, 15) is 13.6 Å². The van der Waals surface area contributed by atoms with Crippen LogP contribution in [0.15, 0.2) is 53.6 Å². The van der Waals surface area contributed by atoms with Crippen molar-refractivity contribution in [3.05, 3.63) is 71.3 Å². The number of carbonyl (C=O) groups excluding carboxylic acids is 1. The van der Waals surface area contributed by atoms with E-state index in [2.05, 4.69) is 5.10 Å². The van der Waals surface area contributed by atoms with Gasteiger partial charge in [0.05, 0.1) is 0 Å². The molecule has 7 heteroatoms. The molecule has 30 heavy (non-hydrogen) atoms. The third kappa shape index (κ3) is 4.27. The van der Waals surface area contributed by atoms with Crippen molar-refractivity contribution in [3.8, 4) is 0 Å². The van der Waals surface area contributed by atoms with Crippen LogP contribution in [0.4, 0.5) is 8.78 Å². The molecule has 0 saturated carbocycles. The number of benzene rings is 2. The molecule has 2 aromatic carbocycles. The topological polar surface area (TPSA) is 58.7 Å². The Morgan fingerprint density at radius 1 is 1.17 bits per heavy atom. The van der Waals surface area contributed by atoms with Gasteiger partial charge in [-0.25, -0.2) is 13.8 Å². The van der Waals surface area contributed by atoms with Crippen molar-refractivity contribution in [2.24, 2.45) is 16.8 Å². The van der Waals surface area contributed by atoms with Gasteiger partial charge in [-0.05, 0) is 56.0 Å². The van der Waals surface area contributed by atoms with E-state index < -0.39 is 16.5 Å². The highest BCUT2D eigenvalue weighted by Crippen LogP contribution is 2.51. The fourth-order valence-electron chi connectivity index (χ4n) is 3.73. The molecule has 0 radical (unpaired) electrons. The van der Waals surface area contributed by atoms with E-state index in [4.69, 9.17) is 5.73 Å². The summed E-state index contributed by atoms with van der Waals surface area (Å²) in [5, 5.41) is 6.37. The number of hydrogen-bond acceptors (Lipinski definition) is 4. The molecule has 1 aliphatic heterocycles. The summed E-state index contributed by atoms with van der Waals surface area (Å²) in [6.45, 7) is 4.39. The molecule has 1 heterocycles. The zero-order chi connectivity index (χ0) is 21.7. The number of nitrogens with zero attached hydrogens (tertiary/aromatic N) is 2. The Balaban J connectivity index is 2.16. The van der Waals surface area contributed by atoms with Gasteiger partial charge >= 0.3 is 0 Å². The molecule has 4 nitrogen and oxygen atoms in total. The van der Waals surface area contributed by atoms with Gasteiger partial charge in [0.25, 0.3) is 0 Å². The van der Waals surface area contributed by atoms with E-state index in [1.54, 1.807) is 0 Å². The molecule has 0 aliphatic carbocycles. The van der Waals surface area contributed by atoms with Gasteiger partial charge in [-0.1, -0.05) is 55.9 Å². The highest BCUT2D eigenvalue weighted by molar-refractivity contribution is 8.15. The fourth-order valence-corrected chi connectivity index (χ4v) is 5.15. The fraction of sp³-hybridized carbons (Fsp3) is 0.391. The summed E-state index contributed by atoms with van der Waals surface area (Å²) in [4.78, 5) is 12.6. The normalized spacial score (nSPS) is 18.7. The summed E-state index contributed by atoms with van der Waals surface area (Å²) in [7, 11) is 0. The van der Waals surface area contributed by atoms with Gasteiger partial charge < -0.3 is 5.73 Å². The number of nitrogens with two attached hydrogens (primary N) is 1. The minimum absolute atomic E-state index is 0.0629. The molecule has 1 aliphatic rings. The summed E-state index contributed by atoms with van der Waals surface area (Å²) in [6, 6.07) is 12.9. The maximum absolute atomic E-state index is 14.6. The zero-order valence-electron chi connectivity index (χ0n) is 17.3. The average Bonchev–Trinajstić information content (AvgIpc) is 3.16. The summed E-state index contributed by atoms with van der Waals surface area (Å²) in [5.41, 5.74) is 6.76. The second-order valence-electron chi connectivity index (χ2n) is 7.34. The predicted octanol–water partition coefficient (Wildman–Crippen LogP) is 5.23. The van der Waals surface area contributed by atoms with Crippen LogP contribution < -0.4 is 5.73 Å². The van der Waals surface area contributed by atoms with Crippen LogP contribution in [0.25, 0.3) is 0 Å². The van der Waals surface area contributed by atoms with Crippen LogP contribution in [0.1, 0.15) is 50.7 Å². The number of rotatable bonds is 8. The third-order valence-electron chi connectivity index (χ3n) is 5.45. The van der Waals surface area contributed by atoms with Gasteiger partial charge in [-0.15, -0.1) is 0 Å². The summed E-state index contributed by atoms with van der Waals surface area (Å²) < 4.78 is 28.4. The van der Waals surface area contributed by atoms with Crippen LogP contribution in [-0.2, 0) is 9.67 Å². The number of halogens is 2. The van der Waals surface area contributed by atoms with Crippen LogP contribution in [0.2, 0.25) is 0 Å². The second kappa shape index (κ2) is 9.71. The molecular weight excluding hydrogens is 404 g/mol. The third-order valence-corrected chi connectivity index (χ3v) is 6.89. The van der Waals surface area contributed by atoms with E-state index >= 15 is 0 Å². The molecule has 0 saturated heterocycles. The lowest BCUT2D eigenvalue weighted by molar-refractivity contribution is -0.139. The quantitative estimate of drug-likeness (QED) is 0.623. The lowest BCUT2D eigenvalue weighted by Crippen LogP contribution is -2.44. The van der Waals surface area contributed by atoms with Crippen molar-refractivity contribution in [2.75, 3.05) is 6.54 Å². The van der Waals surface area contributed by atoms with Gasteiger partial charge in [0.1, 0.15) is 21.5 Å². The number of hydrogen-bond donors (Lipinski definition) is 1. The molecule has 0 aromatic heterocycles. The largest absolute Gasteiger partial charge is 0.330 e. The number of carbonyl (C=O) groups is 1. The number of hydrazone groups is 1.